The summed E-state index contributed by atoms with van der Waals surface area (Å²) in [7, 11) is 0. The molecule has 0 fully saturated rings. The van der Waals surface area contributed by atoms with Gasteiger partial charge < -0.3 is 0 Å². The highest BCUT2D eigenvalue weighted by Gasteiger charge is 2.18. The van der Waals surface area contributed by atoms with Gasteiger partial charge in [0.2, 0.25) is 0 Å². The molecule has 47 heavy (non-hydrogen) atoms. The molecule has 0 bridgehead atoms. The summed E-state index contributed by atoms with van der Waals surface area (Å²) in [5.41, 5.74) is 14.2. The van der Waals surface area contributed by atoms with Crippen LogP contribution in [0.3, 0.4) is 0 Å². The van der Waals surface area contributed by atoms with E-state index in [1.54, 1.807) is 11.3 Å². The normalized spacial score (nSPS) is 11.4. The summed E-state index contributed by atoms with van der Waals surface area (Å²) in [4.78, 5) is 9.99. The maximum atomic E-state index is 5.23. The molecule has 0 saturated heterocycles. The van der Waals surface area contributed by atoms with Crippen LogP contribution in [0.1, 0.15) is 0 Å². The molecule has 2 aromatic heterocycles. The van der Waals surface area contributed by atoms with E-state index in [1.807, 2.05) is 11.6 Å². The van der Waals surface area contributed by atoms with Crippen LogP contribution in [0, 0.1) is 0 Å². The Hall–Kier alpha value is -5.90. The van der Waals surface area contributed by atoms with Crippen molar-refractivity contribution in [2.75, 3.05) is 0 Å². The summed E-state index contributed by atoms with van der Waals surface area (Å²) >= 11 is 1.71. The van der Waals surface area contributed by atoms with Crippen LogP contribution < -0.4 is 0 Å². The number of benzene rings is 7. The third kappa shape index (κ3) is 4.89. The average molecular weight is 617 g/mol. The Morgan fingerprint density at radius 1 is 0.404 bits per heavy atom. The fraction of sp³-hybridized carbons (Fsp3) is 0. The van der Waals surface area contributed by atoms with Crippen LogP contribution in [-0.2, 0) is 0 Å². The number of aromatic nitrogens is 2. The van der Waals surface area contributed by atoms with Gasteiger partial charge in [0.05, 0.1) is 27.1 Å². The van der Waals surface area contributed by atoms with E-state index in [9.17, 15) is 0 Å². The molecule has 0 radical (unpaired) electrons. The highest BCUT2D eigenvalue weighted by Crippen LogP contribution is 2.44. The molecule has 0 saturated carbocycles. The number of fused-ring (bicyclic) bond motifs is 4. The molecule has 2 nitrogen and oxygen atoms in total. The third-order valence-electron chi connectivity index (χ3n) is 9.01. The van der Waals surface area contributed by atoms with Gasteiger partial charge in [0.25, 0.3) is 0 Å². The molecule has 220 valence electrons. The first-order valence-electron chi connectivity index (χ1n) is 15.8. The maximum absolute atomic E-state index is 5.23. The van der Waals surface area contributed by atoms with Gasteiger partial charge in [-0.3, -0.25) is 0 Å². The molecule has 0 spiro atoms. The van der Waals surface area contributed by atoms with Gasteiger partial charge in [0, 0.05) is 16.5 Å². The second kappa shape index (κ2) is 11.5. The summed E-state index contributed by atoms with van der Waals surface area (Å²) in [6.07, 6.45) is 0. The number of nitrogens with zero attached hydrogens (tertiary/aromatic N) is 2. The van der Waals surface area contributed by atoms with E-state index >= 15 is 0 Å². The van der Waals surface area contributed by atoms with Crippen LogP contribution in [0.15, 0.2) is 169 Å². The fourth-order valence-corrected chi connectivity index (χ4v) is 7.59. The molecule has 3 heteroatoms. The Labute approximate surface area is 277 Å². The highest BCUT2D eigenvalue weighted by atomic mass is 32.1. The van der Waals surface area contributed by atoms with E-state index in [2.05, 4.69) is 158 Å². The van der Waals surface area contributed by atoms with Crippen molar-refractivity contribution >= 4 is 43.1 Å². The minimum atomic E-state index is 0.948. The first-order chi connectivity index (χ1) is 23.3. The Kier molecular flexibility index (Phi) is 6.69. The van der Waals surface area contributed by atoms with Crippen molar-refractivity contribution in [3.63, 3.8) is 0 Å². The molecule has 2 heterocycles. The van der Waals surface area contributed by atoms with E-state index < -0.39 is 0 Å². The van der Waals surface area contributed by atoms with Gasteiger partial charge >= 0.3 is 0 Å². The molecule has 0 N–H and O–H groups in total. The van der Waals surface area contributed by atoms with Gasteiger partial charge in [-0.15, -0.1) is 11.3 Å². The summed E-state index contributed by atoms with van der Waals surface area (Å²) in [6, 6.07) is 58.5. The lowest BCUT2D eigenvalue weighted by molar-refractivity contribution is 1.32. The van der Waals surface area contributed by atoms with Crippen molar-refractivity contribution < 1.29 is 0 Å². The average Bonchev–Trinajstić information content (AvgIpc) is 3.64. The maximum Gasteiger partial charge on any atom is 0.0824 e. The zero-order valence-electron chi connectivity index (χ0n) is 25.5. The van der Waals surface area contributed by atoms with E-state index in [0.29, 0.717) is 0 Å². The summed E-state index contributed by atoms with van der Waals surface area (Å²) in [5, 5.41) is 4.92. The molecule has 7 aromatic carbocycles. The Balaban J connectivity index is 1.28. The quantitative estimate of drug-likeness (QED) is 0.192. The molecule has 0 aliphatic carbocycles. The number of hydrogen-bond donors (Lipinski definition) is 0. The van der Waals surface area contributed by atoms with Crippen LogP contribution in [0.5, 0.6) is 0 Å². The second-order valence-electron chi connectivity index (χ2n) is 11.8. The van der Waals surface area contributed by atoms with Crippen molar-refractivity contribution in [2.45, 2.75) is 0 Å². The first kappa shape index (κ1) is 27.4. The topological polar surface area (TPSA) is 25.8 Å². The van der Waals surface area contributed by atoms with Crippen LogP contribution in [-0.4, -0.2) is 9.97 Å². The van der Waals surface area contributed by atoms with Crippen molar-refractivity contribution in [1.29, 1.82) is 0 Å². The molecule has 0 aliphatic rings. The number of thiazole rings is 1. The van der Waals surface area contributed by atoms with Crippen molar-refractivity contribution in [3.05, 3.63) is 169 Å². The van der Waals surface area contributed by atoms with Gasteiger partial charge in [-0.05, 0) is 73.8 Å². The van der Waals surface area contributed by atoms with Gasteiger partial charge in [-0.25, -0.2) is 9.97 Å². The van der Waals surface area contributed by atoms with Gasteiger partial charge in [-0.2, -0.15) is 0 Å². The third-order valence-corrected chi connectivity index (χ3v) is 9.88. The van der Waals surface area contributed by atoms with Gasteiger partial charge in [0.15, 0.2) is 0 Å². The number of rotatable bonds is 5. The minimum Gasteiger partial charge on any atom is -0.248 e. The molecule has 9 rings (SSSR count). The molecular formula is C44H28N2S. The molecule has 0 atom stereocenters. The van der Waals surface area contributed by atoms with Crippen LogP contribution in [0.4, 0.5) is 0 Å². The first-order valence-corrected chi connectivity index (χ1v) is 16.7. The van der Waals surface area contributed by atoms with Crippen LogP contribution in [0.25, 0.3) is 87.7 Å². The lowest BCUT2D eigenvalue weighted by Gasteiger charge is -2.17. The molecule has 9 aromatic rings. The zero-order valence-corrected chi connectivity index (χ0v) is 26.3. The van der Waals surface area contributed by atoms with Gasteiger partial charge in [0.1, 0.15) is 0 Å². The van der Waals surface area contributed by atoms with Crippen LogP contribution in [0.2, 0.25) is 0 Å². The zero-order chi connectivity index (χ0) is 31.2. The summed E-state index contributed by atoms with van der Waals surface area (Å²) < 4.78 is 1.23. The lowest BCUT2D eigenvalue weighted by Crippen LogP contribution is -1.93. The Morgan fingerprint density at radius 2 is 1.04 bits per heavy atom. The predicted molar refractivity (Wildman–Crippen MR) is 200 cm³/mol. The lowest BCUT2D eigenvalue weighted by atomic mass is 9.86. The van der Waals surface area contributed by atoms with Crippen molar-refractivity contribution in [3.8, 4) is 55.9 Å². The van der Waals surface area contributed by atoms with Crippen LogP contribution >= 0.6 is 11.3 Å². The van der Waals surface area contributed by atoms with Gasteiger partial charge in [-0.1, -0.05) is 140 Å². The Bertz CT molecular complexity index is 2510. The SMILES string of the molecule is c1ccc(-c2cc(-c3ccccc3)nc(-c3cccc(-c4ccc5ccccc5c4-c4cc5ncsc5c5ccccc45)c3)c2)cc1. The monoisotopic (exact) mass is 616 g/mol. The smallest absolute Gasteiger partial charge is 0.0824 e. The van der Waals surface area contributed by atoms with E-state index in [0.717, 1.165) is 39.2 Å². The highest BCUT2D eigenvalue weighted by molar-refractivity contribution is 7.17. The van der Waals surface area contributed by atoms with Crippen molar-refractivity contribution in [2.24, 2.45) is 0 Å². The largest absolute Gasteiger partial charge is 0.248 e. The molecule has 0 amide bonds. The summed E-state index contributed by atoms with van der Waals surface area (Å²) in [6.45, 7) is 0. The van der Waals surface area contributed by atoms with E-state index in [-0.39, 0.29) is 0 Å². The Morgan fingerprint density at radius 3 is 1.85 bits per heavy atom. The van der Waals surface area contributed by atoms with E-state index in [4.69, 9.17) is 9.97 Å². The standard InChI is InChI=1S/C44H28N2S/c1-3-12-29(13-4-1)34-25-40(31-15-5-2-6-16-31)46-41(26-34)33-18-11-17-32(24-33)36-23-22-30-14-7-8-19-35(30)43(36)39-27-42-44(47-28-45-42)38-21-10-9-20-37(38)39/h1-28H. The number of hydrogen-bond acceptors (Lipinski definition) is 3. The molecular weight excluding hydrogens is 589 g/mol. The minimum absolute atomic E-state index is 0.948. The predicted octanol–water partition coefficient (Wildman–Crippen LogP) is 12.3. The summed E-state index contributed by atoms with van der Waals surface area (Å²) in [5.74, 6) is 0. The van der Waals surface area contributed by atoms with E-state index in [1.165, 1.54) is 48.5 Å². The fourth-order valence-electron chi connectivity index (χ4n) is 6.78. The molecule has 0 aliphatic heterocycles. The second-order valence-corrected chi connectivity index (χ2v) is 12.7. The van der Waals surface area contributed by atoms with Crippen molar-refractivity contribution in [1.82, 2.24) is 9.97 Å². The molecule has 0 unspecified atom stereocenters. The number of pyridine rings is 1.